The zero-order valence-corrected chi connectivity index (χ0v) is 12.3. The first-order chi connectivity index (χ1) is 9.03. The van der Waals surface area contributed by atoms with Crippen LogP contribution in [0.4, 0.5) is 0 Å². The summed E-state index contributed by atoms with van der Waals surface area (Å²) >= 11 is 3.25. The first-order valence-electron chi connectivity index (χ1n) is 5.22. The van der Waals surface area contributed by atoms with Gasteiger partial charge in [-0.3, -0.25) is 0 Å². The van der Waals surface area contributed by atoms with Crippen LogP contribution < -0.4 is 8.92 Å². The lowest BCUT2D eigenvalue weighted by molar-refractivity contribution is 0.410. The molecule has 1 aromatic carbocycles. The summed E-state index contributed by atoms with van der Waals surface area (Å²) in [5.74, 6) is 0.426. The van der Waals surface area contributed by atoms with Crippen molar-refractivity contribution in [1.82, 2.24) is 4.98 Å². The summed E-state index contributed by atoms with van der Waals surface area (Å²) in [6.07, 6.45) is 1.45. The number of methoxy groups -OCH3 is 1. The highest BCUT2D eigenvalue weighted by atomic mass is 79.9. The smallest absolute Gasteiger partial charge is 0.340 e. The molecule has 0 amide bonds. The molecule has 1 heterocycles. The molecule has 0 aliphatic carbocycles. The predicted octanol–water partition coefficient (Wildman–Crippen LogP) is 2.62. The molecule has 0 aliphatic heterocycles. The van der Waals surface area contributed by atoms with Crippen LogP contribution in [0.1, 0.15) is 0 Å². The highest BCUT2D eigenvalue weighted by Gasteiger charge is 2.19. The molecule has 2 rings (SSSR count). The van der Waals surface area contributed by atoms with Gasteiger partial charge in [-0.05, 0) is 34.1 Å². The third-order valence-corrected chi connectivity index (χ3v) is 4.12. The van der Waals surface area contributed by atoms with E-state index in [2.05, 4.69) is 20.9 Å². The van der Waals surface area contributed by atoms with Gasteiger partial charge in [0.15, 0.2) is 0 Å². The van der Waals surface area contributed by atoms with Crippen molar-refractivity contribution in [2.24, 2.45) is 0 Å². The SMILES string of the molecule is COc1cc(S(=O)(=O)Oc2ccccn2)ccc1Br. The molecule has 0 fully saturated rings. The summed E-state index contributed by atoms with van der Waals surface area (Å²) in [7, 11) is -2.47. The van der Waals surface area contributed by atoms with Crippen molar-refractivity contribution in [2.45, 2.75) is 4.90 Å². The van der Waals surface area contributed by atoms with E-state index in [-0.39, 0.29) is 10.8 Å². The van der Waals surface area contributed by atoms with Crippen molar-refractivity contribution in [3.8, 4) is 11.6 Å². The molecule has 5 nitrogen and oxygen atoms in total. The van der Waals surface area contributed by atoms with Crippen molar-refractivity contribution >= 4 is 26.0 Å². The molecule has 2 aromatic rings. The van der Waals surface area contributed by atoms with Gasteiger partial charge in [0, 0.05) is 18.3 Å². The van der Waals surface area contributed by atoms with E-state index in [4.69, 9.17) is 8.92 Å². The van der Waals surface area contributed by atoms with Crippen LogP contribution in [0.15, 0.2) is 52.0 Å². The average Bonchev–Trinajstić information content (AvgIpc) is 2.39. The normalized spacial score (nSPS) is 11.1. The summed E-state index contributed by atoms with van der Waals surface area (Å²) in [5.41, 5.74) is 0. The van der Waals surface area contributed by atoms with Crippen LogP contribution in [0, 0.1) is 0 Å². The van der Waals surface area contributed by atoms with Crippen LogP contribution in [0.2, 0.25) is 0 Å². The van der Waals surface area contributed by atoms with Crippen LogP contribution in [0.5, 0.6) is 11.6 Å². The summed E-state index contributed by atoms with van der Waals surface area (Å²) < 4.78 is 34.7. The van der Waals surface area contributed by atoms with E-state index >= 15 is 0 Å². The summed E-state index contributed by atoms with van der Waals surface area (Å²) in [5, 5.41) is 0. The Bertz CT molecular complexity index is 673. The van der Waals surface area contributed by atoms with Crippen molar-refractivity contribution in [3.05, 3.63) is 47.1 Å². The summed E-state index contributed by atoms with van der Waals surface area (Å²) in [6.45, 7) is 0. The molecule has 0 aliphatic rings. The van der Waals surface area contributed by atoms with Gasteiger partial charge in [0.2, 0.25) is 5.88 Å². The van der Waals surface area contributed by atoms with Gasteiger partial charge < -0.3 is 8.92 Å². The number of halogens is 1. The minimum Gasteiger partial charge on any atom is -0.496 e. The van der Waals surface area contributed by atoms with Crippen LogP contribution in [0.25, 0.3) is 0 Å². The molecular weight excluding hydrogens is 334 g/mol. The van der Waals surface area contributed by atoms with Gasteiger partial charge in [-0.2, -0.15) is 8.42 Å². The van der Waals surface area contributed by atoms with E-state index in [0.717, 1.165) is 0 Å². The predicted molar refractivity (Wildman–Crippen MR) is 72.7 cm³/mol. The largest absolute Gasteiger partial charge is 0.496 e. The Balaban J connectivity index is 2.35. The number of hydrogen-bond donors (Lipinski definition) is 0. The van der Waals surface area contributed by atoms with Gasteiger partial charge in [-0.15, -0.1) is 0 Å². The van der Waals surface area contributed by atoms with Crippen LogP contribution in [0.3, 0.4) is 0 Å². The molecule has 1 aromatic heterocycles. The van der Waals surface area contributed by atoms with Crippen LogP contribution in [-0.2, 0) is 10.1 Å². The number of pyridine rings is 1. The Labute approximate surface area is 119 Å². The molecule has 0 spiro atoms. The first-order valence-corrected chi connectivity index (χ1v) is 7.42. The molecule has 0 atom stereocenters. The number of aromatic nitrogens is 1. The first kappa shape index (κ1) is 13.8. The molecule has 0 unspecified atom stereocenters. The summed E-state index contributed by atoms with van der Waals surface area (Å²) in [4.78, 5) is 3.81. The van der Waals surface area contributed by atoms with E-state index in [1.54, 1.807) is 18.2 Å². The standard InChI is InChI=1S/C12H10BrNO4S/c1-17-11-8-9(5-6-10(11)13)19(15,16)18-12-4-2-3-7-14-12/h2-8H,1H3. The molecule has 0 saturated heterocycles. The molecule has 0 N–H and O–H groups in total. The zero-order chi connectivity index (χ0) is 13.9. The van der Waals surface area contributed by atoms with Crippen molar-refractivity contribution < 1.29 is 17.3 Å². The highest BCUT2D eigenvalue weighted by Crippen LogP contribution is 2.28. The van der Waals surface area contributed by atoms with E-state index in [9.17, 15) is 8.42 Å². The fourth-order valence-electron chi connectivity index (χ4n) is 1.35. The number of benzene rings is 1. The Morgan fingerprint density at radius 1 is 1.21 bits per heavy atom. The Hall–Kier alpha value is -1.60. The van der Waals surface area contributed by atoms with Crippen molar-refractivity contribution in [1.29, 1.82) is 0 Å². The van der Waals surface area contributed by atoms with Gasteiger partial charge in [0.25, 0.3) is 0 Å². The molecule has 7 heteroatoms. The molecule has 0 bridgehead atoms. The second-order valence-electron chi connectivity index (χ2n) is 3.50. The maximum atomic E-state index is 12.0. The minimum absolute atomic E-state index is 0.00166. The van der Waals surface area contributed by atoms with Gasteiger partial charge >= 0.3 is 10.1 Å². The Morgan fingerprint density at radius 2 is 2.00 bits per heavy atom. The van der Waals surface area contributed by atoms with Gasteiger partial charge in [-0.25, -0.2) is 4.98 Å². The number of nitrogens with zero attached hydrogens (tertiary/aromatic N) is 1. The average molecular weight is 344 g/mol. The molecule has 0 saturated carbocycles. The summed E-state index contributed by atoms with van der Waals surface area (Å²) in [6, 6.07) is 9.15. The maximum absolute atomic E-state index is 12.0. The van der Waals surface area contributed by atoms with Crippen LogP contribution >= 0.6 is 15.9 Å². The number of rotatable bonds is 4. The lowest BCUT2D eigenvalue weighted by Crippen LogP contribution is -2.10. The van der Waals surface area contributed by atoms with E-state index < -0.39 is 10.1 Å². The quantitative estimate of drug-likeness (QED) is 0.798. The van der Waals surface area contributed by atoms with Gasteiger partial charge in [0.1, 0.15) is 10.6 Å². The molecular formula is C12H10BrNO4S. The lowest BCUT2D eigenvalue weighted by Gasteiger charge is -2.08. The van der Waals surface area contributed by atoms with E-state index in [0.29, 0.717) is 10.2 Å². The fraction of sp³-hybridized carbons (Fsp3) is 0.0833. The highest BCUT2D eigenvalue weighted by molar-refractivity contribution is 9.10. The van der Waals surface area contributed by atoms with E-state index in [1.807, 2.05) is 0 Å². The van der Waals surface area contributed by atoms with E-state index in [1.165, 1.54) is 31.5 Å². The third-order valence-electron chi connectivity index (χ3n) is 2.24. The maximum Gasteiger partial charge on any atom is 0.340 e. The monoisotopic (exact) mass is 343 g/mol. The zero-order valence-electron chi connectivity index (χ0n) is 9.91. The lowest BCUT2D eigenvalue weighted by atomic mass is 10.3. The fourth-order valence-corrected chi connectivity index (χ4v) is 2.67. The third kappa shape index (κ3) is 3.24. The number of ether oxygens (including phenoxy) is 1. The molecule has 0 radical (unpaired) electrons. The Morgan fingerprint density at radius 3 is 2.63 bits per heavy atom. The van der Waals surface area contributed by atoms with Crippen LogP contribution in [-0.4, -0.2) is 20.5 Å². The topological polar surface area (TPSA) is 65.5 Å². The van der Waals surface area contributed by atoms with Crippen molar-refractivity contribution in [2.75, 3.05) is 7.11 Å². The number of hydrogen-bond acceptors (Lipinski definition) is 5. The van der Waals surface area contributed by atoms with Gasteiger partial charge in [-0.1, -0.05) is 6.07 Å². The molecule has 19 heavy (non-hydrogen) atoms. The minimum atomic E-state index is -3.93. The van der Waals surface area contributed by atoms with Crippen molar-refractivity contribution in [3.63, 3.8) is 0 Å². The second-order valence-corrected chi connectivity index (χ2v) is 5.90. The Kier molecular flexibility index (Phi) is 4.06. The van der Waals surface area contributed by atoms with Gasteiger partial charge in [0.05, 0.1) is 11.6 Å². The second kappa shape index (κ2) is 5.58. The molecule has 100 valence electrons.